The molecule has 2 heterocycles. The minimum absolute atomic E-state index is 0.227. The van der Waals surface area contributed by atoms with E-state index in [4.69, 9.17) is 4.74 Å². The minimum Gasteiger partial charge on any atom is -0.494 e. The number of hydrogen-bond acceptors (Lipinski definition) is 4. The Bertz CT molecular complexity index is 818. The molecule has 2 aromatic rings. The van der Waals surface area contributed by atoms with Crippen molar-refractivity contribution in [3.63, 3.8) is 0 Å². The van der Waals surface area contributed by atoms with Crippen LogP contribution in [0.4, 0.5) is 13.2 Å². The van der Waals surface area contributed by atoms with E-state index in [-0.39, 0.29) is 12.2 Å². The highest BCUT2D eigenvalue weighted by atomic mass is 19.4. The molecule has 1 N–H and O–H groups in total. The Balaban J connectivity index is 1.82. The van der Waals surface area contributed by atoms with Crippen LogP contribution in [0, 0.1) is 0 Å². The second-order valence-corrected chi connectivity index (χ2v) is 5.84. The average Bonchev–Trinajstić information content (AvgIpc) is 2.56. The molecule has 134 valence electrons. The Labute approximate surface area is 142 Å². The van der Waals surface area contributed by atoms with Crippen molar-refractivity contribution in [3.05, 3.63) is 57.3 Å². The lowest BCUT2D eigenvalue weighted by atomic mass is 10.1. The standard InChI is InChI=1S/C17H18F3N3O2/c1-2-25-14-6-4-3-5-11(14)9-23-8-7-13-12(10-23)15(24)22-16(21-13)17(18,19)20/h3-6H,2,7-10H2,1H3,(H,21,22,24). The Morgan fingerprint density at radius 1 is 1.32 bits per heavy atom. The van der Waals surface area contributed by atoms with E-state index in [1.807, 2.05) is 41.1 Å². The van der Waals surface area contributed by atoms with Crippen molar-refractivity contribution < 1.29 is 17.9 Å². The molecule has 5 nitrogen and oxygen atoms in total. The van der Waals surface area contributed by atoms with Crippen molar-refractivity contribution in [1.82, 2.24) is 14.9 Å². The number of H-pyrrole nitrogens is 1. The summed E-state index contributed by atoms with van der Waals surface area (Å²) in [6.07, 6.45) is -4.35. The maximum absolute atomic E-state index is 12.8. The zero-order valence-electron chi connectivity index (χ0n) is 13.7. The van der Waals surface area contributed by atoms with E-state index >= 15 is 0 Å². The van der Waals surface area contributed by atoms with Gasteiger partial charge in [0.05, 0.1) is 17.9 Å². The van der Waals surface area contributed by atoms with Gasteiger partial charge in [0.1, 0.15) is 5.75 Å². The van der Waals surface area contributed by atoms with Gasteiger partial charge in [-0.3, -0.25) is 9.69 Å². The van der Waals surface area contributed by atoms with Crippen LogP contribution < -0.4 is 10.3 Å². The Hall–Kier alpha value is -2.35. The second-order valence-electron chi connectivity index (χ2n) is 5.84. The maximum Gasteiger partial charge on any atom is 0.449 e. The predicted molar refractivity (Wildman–Crippen MR) is 85.3 cm³/mol. The zero-order chi connectivity index (χ0) is 18.0. The van der Waals surface area contributed by atoms with Gasteiger partial charge in [0.25, 0.3) is 5.56 Å². The molecule has 0 radical (unpaired) electrons. The summed E-state index contributed by atoms with van der Waals surface area (Å²) in [7, 11) is 0. The molecule has 0 unspecified atom stereocenters. The largest absolute Gasteiger partial charge is 0.494 e. The lowest BCUT2D eigenvalue weighted by molar-refractivity contribution is -0.145. The molecule has 1 aliphatic heterocycles. The zero-order valence-corrected chi connectivity index (χ0v) is 13.7. The molecule has 0 saturated heterocycles. The molecule has 1 aromatic heterocycles. The summed E-state index contributed by atoms with van der Waals surface area (Å²) in [5.74, 6) is -0.457. The Morgan fingerprint density at radius 2 is 2.08 bits per heavy atom. The van der Waals surface area contributed by atoms with Crippen LogP contribution in [0.25, 0.3) is 0 Å². The minimum atomic E-state index is -4.65. The van der Waals surface area contributed by atoms with Crippen LogP contribution in [0.2, 0.25) is 0 Å². The molecule has 0 amide bonds. The number of aromatic nitrogens is 2. The summed E-state index contributed by atoms with van der Waals surface area (Å²) in [6, 6.07) is 7.60. The van der Waals surface area contributed by atoms with E-state index in [0.717, 1.165) is 11.3 Å². The predicted octanol–water partition coefficient (Wildman–Crippen LogP) is 2.75. The lowest BCUT2D eigenvalue weighted by Crippen LogP contribution is -2.36. The third-order valence-corrected chi connectivity index (χ3v) is 4.08. The molecule has 0 aliphatic carbocycles. The number of fused-ring (bicyclic) bond motifs is 1. The summed E-state index contributed by atoms with van der Waals surface area (Å²) in [6.45, 7) is 3.79. The molecule has 3 rings (SSSR count). The number of hydrogen-bond donors (Lipinski definition) is 1. The van der Waals surface area contributed by atoms with Crippen molar-refractivity contribution >= 4 is 0 Å². The third kappa shape index (κ3) is 3.84. The number of rotatable bonds is 4. The number of nitrogens with zero attached hydrogens (tertiary/aromatic N) is 2. The van der Waals surface area contributed by atoms with Crippen LogP contribution in [0.5, 0.6) is 5.75 Å². The topological polar surface area (TPSA) is 58.2 Å². The number of halogens is 3. The van der Waals surface area contributed by atoms with Gasteiger partial charge in [-0.15, -0.1) is 0 Å². The van der Waals surface area contributed by atoms with Crippen LogP contribution in [0.1, 0.15) is 29.6 Å². The van der Waals surface area contributed by atoms with Gasteiger partial charge in [-0.25, -0.2) is 4.98 Å². The molecule has 8 heteroatoms. The fraction of sp³-hybridized carbons (Fsp3) is 0.412. The van der Waals surface area contributed by atoms with Crippen molar-refractivity contribution in [2.45, 2.75) is 32.6 Å². The molecule has 0 atom stereocenters. The van der Waals surface area contributed by atoms with E-state index < -0.39 is 17.6 Å². The molecular formula is C17H18F3N3O2. The number of nitrogens with one attached hydrogen (secondary N) is 1. The summed E-state index contributed by atoms with van der Waals surface area (Å²) in [5.41, 5.74) is 0.780. The summed E-state index contributed by atoms with van der Waals surface area (Å²) in [5, 5.41) is 0. The SMILES string of the molecule is CCOc1ccccc1CN1CCc2nc(C(F)(F)F)[nH]c(=O)c2C1. The van der Waals surface area contributed by atoms with E-state index in [2.05, 4.69) is 4.98 Å². The fourth-order valence-electron chi connectivity index (χ4n) is 2.92. The number of alkyl halides is 3. The van der Waals surface area contributed by atoms with Gasteiger partial charge in [0.15, 0.2) is 0 Å². The van der Waals surface area contributed by atoms with Crippen LogP contribution in [-0.4, -0.2) is 28.0 Å². The highest BCUT2D eigenvalue weighted by Gasteiger charge is 2.35. The van der Waals surface area contributed by atoms with Gasteiger partial charge in [0.2, 0.25) is 5.82 Å². The first-order valence-electron chi connectivity index (χ1n) is 8.00. The average molecular weight is 353 g/mol. The molecule has 0 saturated carbocycles. The summed E-state index contributed by atoms with van der Waals surface area (Å²) < 4.78 is 43.9. The number of aromatic amines is 1. The van der Waals surface area contributed by atoms with E-state index in [0.29, 0.717) is 31.7 Å². The first-order chi connectivity index (χ1) is 11.9. The number of ether oxygens (including phenoxy) is 1. The Kier molecular flexibility index (Phi) is 4.80. The highest BCUT2D eigenvalue weighted by Crippen LogP contribution is 2.27. The highest BCUT2D eigenvalue weighted by molar-refractivity contribution is 5.33. The van der Waals surface area contributed by atoms with Crippen molar-refractivity contribution in [2.24, 2.45) is 0 Å². The van der Waals surface area contributed by atoms with Crippen LogP contribution in [0.15, 0.2) is 29.1 Å². The monoisotopic (exact) mass is 353 g/mol. The molecule has 0 spiro atoms. The van der Waals surface area contributed by atoms with Crippen molar-refractivity contribution in [3.8, 4) is 5.75 Å². The molecule has 1 aromatic carbocycles. The van der Waals surface area contributed by atoms with Gasteiger partial charge in [-0.2, -0.15) is 13.2 Å². The molecular weight excluding hydrogens is 335 g/mol. The summed E-state index contributed by atoms with van der Waals surface area (Å²) >= 11 is 0. The third-order valence-electron chi connectivity index (χ3n) is 4.08. The van der Waals surface area contributed by atoms with E-state index in [1.54, 1.807) is 0 Å². The maximum atomic E-state index is 12.8. The van der Waals surface area contributed by atoms with Gasteiger partial charge in [0, 0.05) is 31.6 Å². The fourth-order valence-corrected chi connectivity index (χ4v) is 2.92. The van der Waals surface area contributed by atoms with Crippen molar-refractivity contribution in [1.29, 1.82) is 0 Å². The van der Waals surface area contributed by atoms with Gasteiger partial charge >= 0.3 is 6.18 Å². The van der Waals surface area contributed by atoms with Crippen LogP contribution in [0.3, 0.4) is 0 Å². The quantitative estimate of drug-likeness (QED) is 0.918. The van der Waals surface area contributed by atoms with Gasteiger partial charge in [-0.05, 0) is 13.0 Å². The number of benzene rings is 1. The van der Waals surface area contributed by atoms with E-state index in [9.17, 15) is 18.0 Å². The molecule has 0 fully saturated rings. The van der Waals surface area contributed by atoms with Crippen LogP contribution in [-0.2, 0) is 25.7 Å². The number of para-hydroxylation sites is 1. The summed E-state index contributed by atoms with van der Waals surface area (Å²) in [4.78, 5) is 19.5. The second kappa shape index (κ2) is 6.87. The van der Waals surface area contributed by atoms with Gasteiger partial charge in [-0.1, -0.05) is 18.2 Å². The normalized spacial score (nSPS) is 15.0. The molecule has 0 bridgehead atoms. The smallest absolute Gasteiger partial charge is 0.449 e. The first kappa shape index (κ1) is 17.5. The first-order valence-corrected chi connectivity index (χ1v) is 8.00. The van der Waals surface area contributed by atoms with E-state index in [1.165, 1.54) is 0 Å². The lowest BCUT2D eigenvalue weighted by Gasteiger charge is -2.28. The molecule has 1 aliphatic rings. The van der Waals surface area contributed by atoms with Gasteiger partial charge < -0.3 is 9.72 Å². The molecule has 25 heavy (non-hydrogen) atoms. The van der Waals surface area contributed by atoms with Crippen LogP contribution >= 0.6 is 0 Å². The Morgan fingerprint density at radius 3 is 2.80 bits per heavy atom. The van der Waals surface area contributed by atoms with Crippen molar-refractivity contribution in [2.75, 3.05) is 13.2 Å².